The molecule has 0 amide bonds. The molecule has 12 nitrogen and oxygen atoms in total. The maximum atomic E-state index is 12.8. The molecule has 0 radical (unpaired) electrons. The zero-order valence-electron chi connectivity index (χ0n) is 35.9. The maximum absolute atomic E-state index is 12.8. The standard InChI is InChI=1S/C45H80O12S/c1-3-5-7-9-11-13-15-17-19-21-23-25-27-29-31-33-40(46)54-35-38(36-55-45-44(50)43(49)42(48)39(57-45)37-58(51,52)53)56-41(47)34-32-30-28-26-24-22-20-18-16-14-12-10-8-6-4-2/h13,15,17,19,28,30,38-39,42-45,48-50H,3-12,14,16,18,20-27,29,31-37H2,1-2H3,(H,51,52,53)/b15-13+,19-17+,30-28+/t38-,39-,42-,43?,44?,45+/m1/s1. The van der Waals surface area contributed by atoms with Crippen LogP contribution in [0.5, 0.6) is 0 Å². The lowest BCUT2D eigenvalue weighted by Crippen LogP contribution is -2.60. The minimum atomic E-state index is -4.61. The fraction of sp³-hybridized carbons (Fsp3) is 0.822. The Kier molecular flexibility index (Phi) is 33.1. The Labute approximate surface area is 351 Å². The molecule has 0 aromatic heterocycles. The Morgan fingerprint density at radius 2 is 1.07 bits per heavy atom. The highest BCUT2D eigenvalue weighted by Crippen LogP contribution is 2.24. The molecule has 0 saturated carbocycles. The van der Waals surface area contributed by atoms with E-state index in [9.17, 15) is 37.9 Å². The summed E-state index contributed by atoms with van der Waals surface area (Å²) in [7, 11) is -4.61. The summed E-state index contributed by atoms with van der Waals surface area (Å²) in [6.07, 6.45) is 30.6. The molecule has 1 aliphatic rings. The van der Waals surface area contributed by atoms with E-state index in [1.54, 1.807) is 0 Å². The zero-order chi connectivity index (χ0) is 42.7. The Bertz CT molecular complexity index is 1220. The van der Waals surface area contributed by atoms with Crippen LogP contribution in [0.3, 0.4) is 0 Å². The number of ether oxygens (including phenoxy) is 4. The van der Waals surface area contributed by atoms with Gasteiger partial charge in [-0.3, -0.25) is 14.1 Å². The van der Waals surface area contributed by atoms with Crippen molar-refractivity contribution in [2.45, 2.75) is 218 Å². The molecule has 1 rings (SSSR count). The van der Waals surface area contributed by atoms with Gasteiger partial charge in [-0.15, -0.1) is 0 Å². The van der Waals surface area contributed by atoms with Gasteiger partial charge in [0.15, 0.2) is 12.4 Å². The first-order valence-corrected chi connectivity index (χ1v) is 24.2. The molecule has 0 bridgehead atoms. The number of unbranched alkanes of at least 4 members (excludes halogenated alkanes) is 20. The molecule has 0 aromatic carbocycles. The van der Waals surface area contributed by atoms with Crippen LogP contribution in [0.1, 0.15) is 181 Å². The average Bonchev–Trinajstić information content (AvgIpc) is 3.18. The highest BCUT2D eigenvalue weighted by Gasteiger charge is 2.46. The number of rotatable bonds is 37. The van der Waals surface area contributed by atoms with Gasteiger partial charge in [-0.1, -0.05) is 153 Å². The molecule has 1 heterocycles. The van der Waals surface area contributed by atoms with Crippen LogP contribution in [0.4, 0.5) is 0 Å². The summed E-state index contributed by atoms with van der Waals surface area (Å²) < 4.78 is 54.0. The van der Waals surface area contributed by atoms with E-state index in [0.29, 0.717) is 12.8 Å². The van der Waals surface area contributed by atoms with E-state index in [0.717, 1.165) is 51.4 Å². The number of carbonyl (C=O) groups is 2. The largest absolute Gasteiger partial charge is 0.462 e. The molecule has 338 valence electrons. The molecule has 6 atom stereocenters. The second-order valence-corrected chi connectivity index (χ2v) is 17.2. The molecule has 13 heteroatoms. The Morgan fingerprint density at radius 3 is 1.62 bits per heavy atom. The predicted octanol–water partition coefficient (Wildman–Crippen LogP) is 9.00. The van der Waals surface area contributed by atoms with Gasteiger partial charge < -0.3 is 34.3 Å². The maximum Gasteiger partial charge on any atom is 0.306 e. The average molecular weight is 845 g/mol. The first-order valence-electron chi connectivity index (χ1n) is 22.6. The van der Waals surface area contributed by atoms with Crippen LogP contribution in [0.25, 0.3) is 0 Å². The van der Waals surface area contributed by atoms with Gasteiger partial charge in [-0.05, 0) is 51.4 Å². The van der Waals surface area contributed by atoms with E-state index in [1.165, 1.54) is 89.9 Å². The predicted molar refractivity (Wildman–Crippen MR) is 229 cm³/mol. The van der Waals surface area contributed by atoms with Crippen molar-refractivity contribution < 1.29 is 56.8 Å². The lowest BCUT2D eigenvalue weighted by atomic mass is 10.00. The van der Waals surface area contributed by atoms with Gasteiger partial charge >= 0.3 is 11.9 Å². The summed E-state index contributed by atoms with van der Waals surface area (Å²) >= 11 is 0. The normalized spacial score (nSPS) is 20.7. The van der Waals surface area contributed by atoms with Crippen molar-refractivity contribution in [2.24, 2.45) is 0 Å². The van der Waals surface area contributed by atoms with Crippen LogP contribution in [0.15, 0.2) is 36.5 Å². The van der Waals surface area contributed by atoms with Crippen molar-refractivity contribution in [1.29, 1.82) is 0 Å². The Hall–Kier alpha value is -2.13. The lowest BCUT2D eigenvalue weighted by Gasteiger charge is -2.40. The SMILES string of the molecule is CCCCCC/C=C/C=C/CCCCCCCC(=O)OC[C@H](CO[C@H]1O[C@H](CS(=O)(=O)O)[C@@H](O)C(O)C1O)OC(=O)CC/C=C/CCCCCCCCCCCCC. The fourth-order valence-corrected chi connectivity index (χ4v) is 7.38. The van der Waals surface area contributed by atoms with E-state index >= 15 is 0 Å². The minimum absolute atomic E-state index is 0.0781. The summed E-state index contributed by atoms with van der Waals surface area (Å²) in [6, 6.07) is 0. The number of esters is 2. The smallest absolute Gasteiger partial charge is 0.306 e. The zero-order valence-corrected chi connectivity index (χ0v) is 36.7. The summed E-state index contributed by atoms with van der Waals surface area (Å²) in [5.74, 6) is -2.06. The highest BCUT2D eigenvalue weighted by atomic mass is 32.2. The van der Waals surface area contributed by atoms with E-state index in [1.807, 2.05) is 6.08 Å². The quantitative estimate of drug-likeness (QED) is 0.0153. The third-order valence-electron chi connectivity index (χ3n) is 10.2. The van der Waals surface area contributed by atoms with Gasteiger partial charge in [-0.2, -0.15) is 8.42 Å². The van der Waals surface area contributed by atoms with Crippen molar-refractivity contribution in [2.75, 3.05) is 19.0 Å². The van der Waals surface area contributed by atoms with E-state index < -0.39 is 71.2 Å². The number of aliphatic hydroxyl groups excluding tert-OH is 3. The number of aliphatic hydroxyl groups is 3. The molecule has 0 spiro atoms. The van der Waals surface area contributed by atoms with E-state index in [-0.39, 0.29) is 19.4 Å². The molecule has 0 aliphatic carbocycles. The van der Waals surface area contributed by atoms with Crippen LogP contribution in [0.2, 0.25) is 0 Å². The van der Waals surface area contributed by atoms with Crippen LogP contribution in [-0.2, 0) is 38.7 Å². The van der Waals surface area contributed by atoms with Crippen LogP contribution >= 0.6 is 0 Å². The fourth-order valence-electron chi connectivity index (χ4n) is 6.68. The summed E-state index contributed by atoms with van der Waals surface area (Å²) in [5.41, 5.74) is 0. The van der Waals surface area contributed by atoms with Crippen molar-refractivity contribution >= 4 is 22.1 Å². The van der Waals surface area contributed by atoms with Crippen molar-refractivity contribution in [3.05, 3.63) is 36.5 Å². The van der Waals surface area contributed by atoms with Crippen molar-refractivity contribution in [1.82, 2.24) is 0 Å². The highest BCUT2D eigenvalue weighted by molar-refractivity contribution is 7.85. The van der Waals surface area contributed by atoms with E-state index in [4.69, 9.17) is 18.9 Å². The Balaban J connectivity index is 2.49. The van der Waals surface area contributed by atoms with Crippen molar-refractivity contribution in [3.8, 4) is 0 Å². The monoisotopic (exact) mass is 845 g/mol. The molecule has 4 N–H and O–H groups in total. The second kappa shape index (κ2) is 35.6. The van der Waals surface area contributed by atoms with Crippen molar-refractivity contribution in [3.63, 3.8) is 0 Å². The minimum Gasteiger partial charge on any atom is -0.462 e. The summed E-state index contributed by atoms with van der Waals surface area (Å²) in [6.45, 7) is 3.69. The van der Waals surface area contributed by atoms with Gasteiger partial charge in [0.1, 0.15) is 36.8 Å². The molecule has 1 aliphatic heterocycles. The van der Waals surface area contributed by atoms with Gasteiger partial charge in [0.2, 0.25) is 0 Å². The molecule has 1 fully saturated rings. The van der Waals surface area contributed by atoms with E-state index in [2.05, 4.69) is 44.2 Å². The molecule has 58 heavy (non-hydrogen) atoms. The summed E-state index contributed by atoms with van der Waals surface area (Å²) in [4.78, 5) is 25.3. The van der Waals surface area contributed by atoms with Crippen LogP contribution in [0, 0.1) is 0 Å². The van der Waals surface area contributed by atoms with Gasteiger partial charge in [0.25, 0.3) is 10.1 Å². The van der Waals surface area contributed by atoms with Gasteiger partial charge in [-0.25, -0.2) is 0 Å². The number of hydrogen-bond acceptors (Lipinski definition) is 11. The number of carbonyl (C=O) groups excluding carboxylic acids is 2. The summed E-state index contributed by atoms with van der Waals surface area (Å²) in [5, 5.41) is 30.8. The first-order chi connectivity index (χ1) is 28.0. The molecular formula is C45H80O12S. The first kappa shape index (κ1) is 53.9. The third-order valence-corrected chi connectivity index (χ3v) is 11.0. The molecular weight excluding hydrogens is 765 g/mol. The molecule has 0 aromatic rings. The lowest BCUT2D eigenvalue weighted by molar-refractivity contribution is -0.297. The van der Waals surface area contributed by atoms with Gasteiger partial charge in [0, 0.05) is 12.8 Å². The molecule has 1 saturated heterocycles. The topological polar surface area (TPSA) is 186 Å². The molecule has 2 unspecified atom stereocenters. The van der Waals surface area contributed by atoms with Gasteiger partial charge in [0.05, 0.1) is 6.61 Å². The number of hydrogen-bond donors (Lipinski definition) is 4. The van der Waals surface area contributed by atoms with Crippen LogP contribution < -0.4 is 0 Å². The second-order valence-electron chi connectivity index (χ2n) is 15.7. The Morgan fingerprint density at radius 1 is 0.586 bits per heavy atom. The van der Waals surface area contributed by atoms with Crippen LogP contribution in [-0.4, -0.2) is 96.0 Å². The third kappa shape index (κ3) is 30.0. The number of allylic oxidation sites excluding steroid dienone is 6.